The molecule has 3 atom stereocenters. The first kappa shape index (κ1) is 24.9. The van der Waals surface area contributed by atoms with Crippen molar-refractivity contribution in [2.24, 2.45) is 5.92 Å². The van der Waals surface area contributed by atoms with Crippen LogP contribution in [0.2, 0.25) is 10.0 Å². The highest BCUT2D eigenvalue weighted by atomic mass is 35.5. The Morgan fingerprint density at radius 2 is 1.83 bits per heavy atom. The highest BCUT2D eigenvalue weighted by Gasteiger charge is 2.43. The van der Waals surface area contributed by atoms with Crippen LogP contribution >= 0.6 is 23.2 Å². The van der Waals surface area contributed by atoms with Crippen LogP contribution in [0.25, 0.3) is 11.3 Å². The van der Waals surface area contributed by atoms with Crippen LogP contribution in [0.5, 0.6) is 0 Å². The Kier molecular flexibility index (Phi) is 7.08. The van der Waals surface area contributed by atoms with Crippen molar-refractivity contribution in [2.75, 3.05) is 6.54 Å². The molecule has 1 aromatic heterocycles. The van der Waals surface area contributed by atoms with Gasteiger partial charge in [-0.25, -0.2) is 4.79 Å². The van der Waals surface area contributed by atoms with Crippen molar-refractivity contribution in [3.8, 4) is 11.3 Å². The standard InChI is InChI=1S/C27H34Cl2N2O4/c1-27(2,3)34-26(32)31-14-13-22(17-7-4-5-10-21(17)31)33-15-18-24(30-35-25(18)16-11-12-16)23-19(28)8-6-9-20(23)29/h6,8-9,16-17,21-22H,4-5,7,10-15H2,1-3H3. The number of halogens is 2. The third kappa shape index (κ3) is 5.35. The van der Waals surface area contributed by atoms with Crippen LogP contribution in [0.3, 0.4) is 0 Å². The summed E-state index contributed by atoms with van der Waals surface area (Å²) < 4.78 is 18.1. The second-order valence-electron chi connectivity index (χ2n) is 11.1. The van der Waals surface area contributed by atoms with Gasteiger partial charge in [-0.05, 0) is 65.0 Å². The van der Waals surface area contributed by atoms with Crippen molar-refractivity contribution in [3.63, 3.8) is 0 Å². The minimum atomic E-state index is -0.502. The fraction of sp³-hybridized carbons (Fsp3) is 0.630. The van der Waals surface area contributed by atoms with Crippen LogP contribution in [0, 0.1) is 5.92 Å². The van der Waals surface area contributed by atoms with Crippen molar-refractivity contribution in [3.05, 3.63) is 39.6 Å². The summed E-state index contributed by atoms with van der Waals surface area (Å²) in [5.41, 5.74) is 1.82. The molecule has 2 aromatic rings. The monoisotopic (exact) mass is 520 g/mol. The van der Waals surface area contributed by atoms with Gasteiger partial charge in [0, 0.05) is 35.5 Å². The topological polar surface area (TPSA) is 64.8 Å². The molecule has 3 aliphatic rings. The zero-order valence-electron chi connectivity index (χ0n) is 20.7. The quantitative estimate of drug-likeness (QED) is 0.405. The van der Waals surface area contributed by atoms with E-state index < -0.39 is 5.60 Å². The minimum absolute atomic E-state index is 0.0653. The Morgan fingerprint density at radius 3 is 2.51 bits per heavy atom. The fourth-order valence-corrected chi connectivity index (χ4v) is 6.18. The van der Waals surface area contributed by atoms with E-state index in [9.17, 15) is 4.79 Å². The van der Waals surface area contributed by atoms with Crippen molar-refractivity contribution < 1.29 is 18.8 Å². The number of likely N-dealkylation sites (tertiary alicyclic amines) is 1. The lowest BCUT2D eigenvalue weighted by molar-refractivity contribution is -0.0836. The van der Waals surface area contributed by atoms with E-state index in [1.165, 1.54) is 0 Å². The van der Waals surface area contributed by atoms with E-state index in [1.807, 2.05) is 43.9 Å². The van der Waals surface area contributed by atoms with Crippen LogP contribution in [-0.2, 0) is 16.1 Å². The third-order valence-corrected chi connectivity index (χ3v) is 7.98. The van der Waals surface area contributed by atoms with E-state index in [-0.39, 0.29) is 18.2 Å². The molecule has 2 saturated carbocycles. The molecule has 5 rings (SSSR count). The van der Waals surface area contributed by atoms with Gasteiger partial charge in [-0.15, -0.1) is 0 Å². The Labute approximate surface area is 217 Å². The molecule has 0 N–H and O–H groups in total. The summed E-state index contributed by atoms with van der Waals surface area (Å²) in [5.74, 6) is 1.57. The summed E-state index contributed by atoms with van der Waals surface area (Å²) >= 11 is 13.0. The summed E-state index contributed by atoms with van der Waals surface area (Å²) in [7, 11) is 0. The predicted octanol–water partition coefficient (Wildman–Crippen LogP) is 7.61. The number of ether oxygens (including phenoxy) is 2. The van der Waals surface area contributed by atoms with Crippen LogP contribution in [0.1, 0.15) is 83.0 Å². The number of carbonyl (C=O) groups is 1. The normalized spacial score (nSPS) is 24.8. The Hall–Kier alpha value is -1.76. The molecular weight excluding hydrogens is 487 g/mol. The zero-order chi connectivity index (χ0) is 24.7. The molecule has 1 amide bonds. The number of hydrogen-bond donors (Lipinski definition) is 0. The summed E-state index contributed by atoms with van der Waals surface area (Å²) in [4.78, 5) is 14.9. The van der Waals surface area contributed by atoms with Gasteiger partial charge in [0.15, 0.2) is 0 Å². The van der Waals surface area contributed by atoms with Gasteiger partial charge in [-0.2, -0.15) is 0 Å². The SMILES string of the molecule is CC(C)(C)OC(=O)N1CCC(OCc2c(-c3c(Cl)cccc3Cl)noc2C2CC2)C2CCCCC21. The maximum absolute atomic E-state index is 12.9. The number of nitrogens with zero attached hydrogens (tertiary/aromatic N) is 2. The second kappa shape index (κ2) is 9.95. The summed E-state index contributed by atoms with van der Waals surface area (Å²) in [6.07, 6.45) is 7.15. The molecule has 35 heavy (non-hydrogen) atoms. The van der Waals surface area contributed by atoms with Gasteiger partial charge in [0.1, 0.15) is 17.1 Å². The predicted molar refractivity (Wildman–Crippen MR) is 136 cm³/mol. The summed E-state index contributed by atoms with van der Waals surface area (Å²) in [6, 6.07) is 5.61. The van der Waals surface area contributed by atoms with Gasteiger partial charge in [-0.1, -0.05) is 47.3 Å². The van der Waals surface area contributed by atoms with Gasteiger partial charge in [0.25, 0.3) is 0 Å². The molecule has 190 valence electrons. The molecule has 8 heteroatoms. The number of hydrogen-bond acceptors (Lipinski definition) is 5. The van der Waals surface area contributed by atoms with Crippen LogP contribution in [0.4, 0.5) is 4.79 Å². The van der Waals surface area contributed by atoms with Crippen LogP contribution in [0.15, 0.2) is 22.7 Å². The highest BCUT2D eigenvalue weighted by Crippen LogP contribution is 2.46. The van der Waals surface area contributed by atoms with Gasteiger partial charge in [-0.3, -0.25) is 0 Å². The number of amides is 1. The summed E-state index contributed by atoms with van der Waals surface area (Å²) in [6.45, 7) is 6.78. The van der Waals surface area contributed by atoms with Crippen molar-refractivity contribution in [1.29, 1.82) is 0 Å². The maximum Gasteiger partial charge on any atom is 0.410 e. The minimum Gasteiger partial charge on any atom is -0.444 e. The van der Waals surface area contributed by atoms with Crippen LogP contribution in [-0.4, -0.2) is 40.4 Å². The zero-order valence-corrected chi connectivity index (χ0v) is 22.2. The van der Waals surface area contributed by atoms with Gasteiger partial charge >= 0.3 is 6.09 Å². The van der Waals surface area contributed by atoms with Crippen molar-refractivity contribution >= 4 is 29.3 Å². The van der Waals surface area contributed by atoms with E-state index in [0.29, 0.717) is 46.3 Å². The first-order valence-electron chi connectivity index (χ1n) is 12.8. The van der Waals surface area contributed by atoms with Crippen molar-refractivity contribution in [1.82, 2.24) is 10.1 Å². The molecule has 1 saturated heterocycles. The lowest BCUT2D eigenvalue weighted by Crippen LogP contribution is -2.56. The highest BCUT2D eigenvalue weighted by molar-refractivity contribution is 6.39. The van der Waals surface area contributed by atoms with Crippen LogP contribution < -0.4 is 0 Å². The maximum atomic E-state index is 12.9. The molecule has 2 heterocycles. The number of aromatic nitrogens is 1. The van der Waals surface area contributed by atoms with Crippen molar-refractivity contribution in [2.45, 2.75) is 96.0 Å². The average Bonchev–Trinajstić information content (AvgIpc) is 3.56. The van der Waals surface area contributed by atoms with Gasteiger partial charge in [0.2, 0.25) is 0 Å². The average molecular weight is 521 g/mol. The van der Waals surface area contributed by atoms with E-state index in [4.69, 9.17) is 37.2 Å². The molecule has 2 aliphatic carbocycles. The third-order valence-electron chi connectivity index (χ3n) is 7.35. The molecule has 3 fully saturated rings. The van der Waals surface area contributed by atoms with E-state index in [1.54, 1.807) is 0 Å². The molecule has 1 aromatic carbocycles. The van der Waals surface area contributed by atoms with E-state index in [2.05, 4.69) is 5.16 Å². The largest absolute Gasteiger partial charge is 0.444 e. The summed E-state index contributed by atoms with van der Waals surface area (Å²) in [5, 5.41) is 5.49. The molecule has 3 unspecified atom stereocenters. The number of piperidine rings is 1. The Morgan fingerprint density at radius 1 is 1.11 bits per heavy atom. The van der Waals surface area contributed by atoms with Gasteiger partial charge < -0.3 is 18.9 Å². The first-order valence-corrected chi connectivity index (χ1v) is 13.5. The smallest absolute Gasteiger partial charge is 0.410 e. The first-order chi connectivity index (χ1) is 16.7. The number of carbonyl (C=O) groups excluding carboxylic acids is 1. The molecule has 6 nitrogen and oxygen atoms in total. The molecule has 0 spiro atoms. The van der Waals surface area contributed by atoms with E-state index >= 15 is 0 Å². The number of rotatable bonds is 5. The lowest BCUT2D eigenvalue weighted by Gasteiger charge is -2.47. The lowest BCUT2D eigenvalue weighted by atomic mass is 9.76. The fourth-order valence-electron chi connectivity index (χ4n) is 5.60. The molecular formula is C27H34Cl2N2O4. The Balaban J connectivity index is 1.36. The molecule has 0 radical (unpaired) electrons. The Bertz CT molecular complexity index is 1060. The van der Waals surface area contributed by atoms with E-state index in [0.717, 1.165) is 56.3 Å². The number of fused-ring (bicyclic) bond motifs is 1. The number of benzene rings is 1. The second-order valence-corrected chi connectivity index (χ2v) is 11.9. The molecule has 0 bridgehead atoms. The molecule has 1 aliphatic heterocycles. The van der Waals surface area contributed by atoms with Gasteiger partial charge in [0.05, 0.1) is 22.8 Å².